The van der Waals surface area contributed by atoms with E-state index in [-0.39, 0.29) is 17.4 Å². The number of hydrogen-bond donors (Lipinski definition) is 1. The Hall–Kier alpha value is -2.62. The number of carbonyl (C=O) groups is 1. The number of carbonyl (C=O) groups excluding carboxylic acids is 1. The molecule has 1 heterocycles. The van der Waals surface area contributed by atoms with Crippen LogP contribution < -0.4 is 14.8 Å². The van der Waals surface area contributed by atoms with Crippen LogP contribution in [-0.2, 0) is 19.6 Å². The molecule has 1 amide bonds. The van der Waals surface area contributed by atoms with Gasteiger partial charge in [-0.05, 0) is 43.3 Å². The molecule has 1 aliphatic heterocycles. The summed E-state index contributed by atoms with van der Waals surface area (Å²) < 4.78 is 43.0. The highest BCUT2D eigenvalue weighted by Crippen LogP contribution is 2.20. The molecule has 0 aromatic heterocycles. The number of benzene rings is 2. The fourth-order valence-corrected chi connectivity index (χ4v) is 4.30. The standard InChI is InChI=1S/C21H26N2O6S/c1-17(29-19-5-3-2-4-6-19)21(24)22-11-14-28-18-7-9-20(10-8-18)30(25,26)23-12-15-27-16-13-23/h2-10,17H,11-16H2,1H3,(H,22,24)/t17-/m0/s1. The number of ether oxygens (including phenoxy) is 3. The number of hydrogen-bond acceptors (Lipinski definition) is 6. The largest absolute Gasteiger partial charge is 0.492 e. The van der Waals surface area contributed by atoms with Crippen molar-refractivity contribution in [1.82, 2.24) is 9.62 Å². The van der Waals surface area contributed by atoms with Gasteiger partial charge in [0.15, 0.2) is 6.10 Å². The number of nitrogens with one attached hydrogen (secondary N) is 1. The fourth-order valence-electron chi connectivity index (χ4n) is 2.89. The zero-order valence-corrected chi connectivity index (χ0v) is 17.6. The molecule has 1 fully saturated rings. The number of para-hydroxylation sites is 1. The third-order valence-corrected chi connectivity index (χ3v) is 6.44. The van der Waals surface area contributed by atoms with Gasteiger partial charge in [0, 0.05) is 13.1 Å². The lowest BCUT2D eigenvalue weighted by Gasteiger charge is -2.26. The molecule has 0 saturated carbocycles. The highest BCUT2D eigenvalue weighted by atomic mass is 32.2. The topological polar surface area (TPSA) is 94.2 Å². The predicted molar refractivity (Wildman–Crippen MR) is 111 cm³/mol. The fraction of sp³-hybridized carbons (Fsp3) is 0.381. The molecule has 2 aromatic carbocycles. The van der Waals surface area contributed by atoms with Crippen molar-refractivity contribution in [2.45, 2.75) is 17.9 Å². The highest BCUT2D eigenvalue weighted by Gasteiger charge is 2.26. The van der Waals surface area contributed by atoms with Gasteiger partial charge in [0.1, 0.15) is 18.1 Å². The molecule has 0 unspecified atom stereocenters. The lowest BCUT2D eigenvalue weighted by molar-refractivity contribution is -0.127. The minimum atomic E-state index is -3.52. The Labute approximate surface area is 176 Å². The van der Waals surface area contributed by atoms with Crippen molar-refractivity contribution in [1.29, 1.82) is 0 Å². The van der Waals surface area contributed by atoms with Gasteiger partial charge in [0.25, 0.3) is 5.91 Å². The molecule has 2 aromatic rings. The van der Waals surface area contributed by atoms with Crippen LogP contribution >= 0.6 is 0 Å². The maximum absolute atomic E-state index is 12.6. The maximum atomic E-state index is 12.6. The lowest BCUT2D eigenvalue weighted by Crippen LogP contribution is -2.40. The molecule has 1 aliphatic rings. The van der Waals surface area contributed by atoms with Gasteiger partial charge < -0.3 is 19.5 Å². The van der Waals surface area contributed by atoms with E-state index in [2.05, 4.69) is 5.32 Å². The molecule has 0 bridgehead atoms. The normalized spacial score (nSPS) is 15.9. The summed E-state index contributed by atoms with van der Waals surface area (Å²) in [7, 11) is -3.52. The van der Waals surface area contributed by atoms with Gasteiger partial charge in [0.2, 0.25) is 10.0 Å². The monoisotopic (exact) mass is 434 g/mol. The molecule has 1 atom stereocenters. The summed E-state index contributed by atoms with van der Waals surface area (Å²) in [4.78, 5) is 12.3. The maximum Gasteiger partial charge on any atom is 0.260 e. The summed E-state index contributed by atoms with van der Waals surface area (Å²) in [5.41, 5.74) is 0. The predicted octanol–water partition coefficient (Wildman–Crippen LogP) is 1.67. The lowest BCUT2D eigenvalue weighted by atomic mass is 10.3. The average Bonchev–Trinajstić information content (AvgIpc) is 2.78. The van der Waals surface area contributed by atoms with Crippen LogP contribution in [0.1, 0.15) is 6.92 Å². The Morgan fingerprint density at radius 3 is 2.40 bits per heavy atom. The Morgan fingerprint density at radius 1 is 1.07 bits per heavy atom. The summed E-state index contributed by atoms with van der Waals surface area (Å²) >= 11 is 0. The van der Waals surface area contributed by atoms with E-state index in [0.29, 0.717) is 44.3 Å². The smallest absolute Gasteiger partial charge is 0.260 e. The Morgan fingerprint density at radius 2 is 1.73 bits per heavy atom. The van der Waals surface area contributed by atoms with Crippen molar-refractivity contribution >= 4 is 15.9 Å². The van der Waals surface area contributed by atoms with E-state index < -0.39 is 16.1 Å². The molecule has 0 spiro atoms. The molecule has 162 valence electrons. The van der Waals surface area contributed by atoms with Gasteiger partial charge in [-0.2, -0.15) is 4.31 Å². The van der Waals surface area contributed by atoms with Crippen molar-refractivity contribution in [3.05, 3.63) is 54.6 Å². The first-order valence-electron chi connectivity index (χ1n) is 9.77. The van der Waals surface area contributed by atoms with E-state index >= 15 is 0 Å². The van der Waals surface area contributed by atoms with Crippen LogP contribution in [0.15, 0.2) is 59.5 Å². The van der Waals surface area contributed by atoms with E-state index in [1.165, 1.54) is 16.4 Å². The first-order valence-corrected chi connectivity index (χ1v) is 11.2. The summed E-state index contributed by atoms with van der Waals surface area (Å²) in [6.45, 7) is 3.74. The van der Waals surface area contributed by atoms with Crippen molar-refractivity contribution in [2.75, 3.05) is 39.5 Å². The van der Waals surface area contributed by atoms with Crippen LogP contribution in [0.4, 0.5) is 0 Å². The van der Waals surface area contributed by atoms with Gasteiger partial charge in [-0.15, -0.1) is 0 Å². The van der Waals surface area contributed by atoms with Gasteiger partial charge in [0.05, 0.1) is 24.7 Å². The van der Waals surface area contributed by atoms with Crippen LogP contribution in [0.25, 0.3) is 0 Å². The Balaban J connectivity index is 1.42. The number of nitrogens with zero attached hydrogens (tertiary/aromatic N) is 1. The van der Waals surface area contributed by atoms with E-state index in [1.54, 1.807) is 31.2 Å². The average molecular weight is 435 g/mol. The van der Waals surface area contributed by atoms with Gasteiger partial charge in [-0.3, -0.25) is 4.79 Å². The minimum Gasteiger partial charge on any atom is -0.492 e. The second-order valence-corrected chi connectivity index (χ2v) is 8.64. The van der Waals surface area contributed by atoms with Crippen LogP contribution in [0.2, 0.25) is 0 Å². The summed E-state index contributed by atoms with van der Waals surface area (Å²) in [6.07, 6.45) is -0.628. The Bertz CT molecular complexity index is 912. The van der Waals surface area contributed by atoms with Gasteiger partial charge >= 0.3 is 0 Å². The number of rotatable bonds is 9. The van der Waals surface area contributed by atoms with E-state index in [9.17, 15) is 13.2 Å². The second-order valence-electron chi connectivity index (χ2n) is 6.70. The quantitative estimate of drug-likeness (QED) is 0.604. The second kappa shape index (κ2) is 10.4. The molecule has 0 aliphatic carbocycles. The minimum absolute atomic E-state index is 0.219. The van der Waals surface area contributed by atoms with Crippen LogP contribution in [0, 0.1) is 0 Å². The molecule has 30 heavy (non-hydrogen) atoms. The van der Waals surface area contributed by atoms with E-state index in [4.69, 9.17) is 14.2 Å². The van der Waals surface area contributed by atoms with E-state index in [0.717, 1.165) is 0 Å². The first-order chi connectivity index (χ1) is 14.5. The zero-order valence-electron chi connectivity index (χ0n) is 16.8. The third kappa shape index (κ3) is 5.94. The molecular weight excluding hydrogens is 408 g/mol. The Kier molecular flexibility index (Phi) is 7.67. The molecular formula is C21H26N2O6S. The van der Waals surface area contributed by atoms with Gasteiger partial charge in [-0.25, -0.2) is 8.42 Å². The molecule has 3 rings (SSSR count). The molecule has 1 saturated heterocycles. The van der Waals surface area contributed by atoms with Crippen LogP contribution in [0.5, 0.6) is 11.5 Å². The number of amides is 1. The summed E-state index contributed by atoms with van der Waals surface area (Å²) in [5.74, 6) is 0.914. The molecule has 8 nitrogen and oxygen atoms in total. The molecule has 0 radical (unpaired) electrons. The number of morpholine rings is 1. The summed E-state index contributed by atoms with van der Waals surface area (Å²) in [5, 5.41) is 2.75. The van der Waals surface area contributed by atoms with Crippen LogP contribution in [-0.4, -0.2) is 64.2 Å². The SMILES string of the molecule is C[C@H](Oc1ccccc1)C(=O)NCCOc1ccc(S(=O)(=O)N2CCOCC2)cc1. The van der Waals surface area contributed by atoms with Crippen molar-refractivity contribution in [2.24, 2.45) is 0 Å². The molecule has 1 N–H and O–H groups in total. The summed E-state index contributed by atoms with van der Waals surface area (Å²) in [6, 6.07) is 15.4. The van der Waals surface area contributed by atoms with E-state index in [1.807, 2.05) is 18.2 Å². The van der Waals surface area contributed by atoms with Crippen molar-refractivity contribution < 1.29 is 27.4 Å². The molecule has 9 heteroatoms. The highest BCUT2D eigenvalue weighted by molar-refractivity contribution is 7.89. The third-order valence-electron chi connectivity index (χ3n) is 4.53. The van der Waals surface area contributed by atoms with Gasteiger partial charge in [-0.1, -0.05) is 18.2 Å². The zero-order chi connectivity index (χ0) is 21.4. The number of sulfonamides is 1. The van der Waals surface area contributed by atoms with Crippen molar-refractivity contribution in [3.8, 4) is 11.5 Å². The van der Waals surface area contributed by atoms with Crippen molar-refractivity contribution in [3.63, 3.8) is 0 Å². The van der Waals surface area contributed by atoms with Crippen LogP contribution in [0.3, 0.4) is 0 Å². The first kappa shape index (κ1) is 22.1.